The summed E-state index contributed by atoms with van der Waals surface area (Å²) in [5.74, 6) is 1.47. The van der Waals surface area contributed by atoms with Crippen molar-refractivity contribution < 1.29 is 4.74 Å². The van der Waals surface area contributed by atoms with Crippen LogP contribution in [0.2, 0.25) is 0 Å². The summed E-state index contributed by atoms with van der Waals surface area (Å²) in [6.07, 6.45) is 2.75. The van der Waals surface area contributed by atoms with E-state index in [2.05, 4.69) is 75.5 Å². The standard InChI is InChI=1S/C22H24N4O/c23-22-24-12-11-21(25-22)26-13-14-27-19(16-26)15-20(17-7-3-1-4-8-17)18-9-5-2-6-10-18/h1-12,19-20H,13-16H2,(H2,23,24,25)/t19-/m1/s1. The number of morpholine rings is 1. The summed E-state index contributed by atoms with van der Waals surface area (Å²) < 4.78 is 6.12. The van der Waals surface area contributed by atoms with E-state index in [-0.39, 0.29) is 6.10 Å². The van der Waals surface area contributed by atoms with Gasteiger partial charge in [0.15, 0.2) is 0 Å². The molecule has 0 bridgehead atoms. The first kappa shape index (κ1) is 17.5. The average Bonchev–Trinajstić information content (AvgIpc) is 2.73. The fourth-order valence-electron chi connectivity index (χ4n) is 3.71. The molecule has 138 valence electrons. The number of hydrogen-bond acceptors (Lipinski definition) is 5. The van der Waals surface area contributed by atoms with Crippen molar-refractivity contribution in [2.24, 2.45) is 0 Å². The third-order valence-corrected chi connectivity index (χ3v) is 5.02. The van der Waals surface area contributed by atoms with E-state index in [0.717, 1.165) is 25.3 Å². The Kier molecular flexibility index (Phi) is 5.30. The maximum absolute atomic E-state index is 6.12. The molecular formula is C22H24N4O. The van der Waals surface area contributed by atoms with E-state index in [1.54, 1.807) is 6.20 Å². The molecule has 1 aliphatic rings. The molecule has 5 heteroatoms. The quantitative estimate of drug-likeness (QED) is 0.755. The molecule has 0 amide bonds. The largest absolute Gasteiger partial charge is 0.375 e. The molecule has 4 rings (SSSR count). The van der Waals surface area contributed by atoms with Crippen LogP contribution < -0.4 is 10.6 Å². The number of aromatic nitrogens is 2. The fraction of sp³-hybridized carbons (Fsp3) is 0.273. The lowest BCUT2D eigenvalue weighted by atomic mass is 9.86. The third-order valence-electron chi connectivity index (χ3n) is 5.02. The van der Waals surface area contributed by atoms with Crippen molar-refractivity contribution >= 4 is 11.8 Å². The van der Waals surface area contributed by atoms with Crippen molar-refractivity contribution in [3.63, 3.8) is 0 Å². The average molecular weight is 360 g/mol. The summed E-state index contributed by atoms with van der Waals surface area (Å²) in [7, 11) is 0. The van der Waals surface area contributed by atoms with Gasteiger partial charge in [-0.05, 0) is 23.6 Å². The number of hydrogen-bond donors (Lipinski definition) is 1. The van der Waals surface area contributed by atoms with Crippen molar-refractivity contribution in [2.45, 2.75) is 18.4 Å². The molecule has 2 aromatic carbocycles. The van der Waals surface area contributed by atoms with Crippen molar-refractivity contribution in [3.8, 4) is 0 Å². The number of anilines is 2. The van der Waals surface area contributed by atoms with E-state index in [1.165, 1.54) is 11.1 Å². The summed E-state index contributed by atoms with van der Waals surface area (Å²) in [5, 5.41) is 0. The minimum atomic E-state index is 0.125. The lowest BCUT2D eigenvalue weighted by Crippen LogP contribution is -2.43. The molecule has 0 saturated carbocycles. The van der Waals surface area contributed by atoms with Gasteiger partial charge in [0.2, 0.25) is 5.95 Å². The molecule has 1 aromatic heterocycles. The summed E-state index contributed by atoms with van der Waals surface area (Å²) in [5.41, 5.74) is 8.38. The number of nitrogens with two attached hydrogens (primary N) is 1. The van der Waals surface area contributed by atoms with Gasteiger partial charge in [-0.2, -0.15) is 4.98 Å². The first-order valence-electron chi connectivity index (χ1n) is 9.34. The highest BCUT2D eigenvalue weighted by Crippen LogP contribution is 2.31. The van der Waals surface area contributed by atoms with E-state index in [9.17, 15) is 0 Å². The highest BCUT2D eigenvalue weighted by Gasteiger charge is 2.26. The Morgan fingerprint density at radius 2 is 1.67 bits per heavy atom. The number of nitrogens with zero attached hydrogens (tertiary/aromatic N) is 3. The van der Waals surface area contributed by atoms with Gasteiger partial charge in [0.05, 0.1) is 12.7 Å². The molecule has 0 radical (unpaired) electrons. The van der Waals surface area contributed by atoms with Crippen molar-refractivity contribution in [1.82, 2.24) is 9.97 Å². The summed E-state index contributed by atoms with van der Waals surface area (Å²) in [6.45, 7) is 2.30. The fourth-order valence-corrected chi connectivity index (χ4v) is 3.71. The Balaban J connectivity index is 1.54. The van der Waals surface area contributed by atoms with E-state index < -0.39 is 0 Å². The van der Waals surface area contributed by atoms with Crippen LogP contribution in [0.1, 0.15) is 23.5 Å². The molecule has 0 unspecified atom stereocenters. The molecule has 1 aliphatic heterocycles. The minimum Gasteiger partial charge on any atom is -0.375 e. The molecule has 2 N–H and O–H groups in total. The van der Waals surface area contributed by atoms with Crippen LogP contribution in [0, 0.1) is 0 Å². The second-order valence-electron chi connectivity index (χ2n) is 6.82. The highest BCUT2D eigenvalue weighted by atomic mass is 16.5. The SMILES string of the molecule is Nc1nccc(N2CCO[C@H](CC(c3ccccc3)c3ccccc3)C2)n1. The zero-order chi connectivity index (χ0) is 18.5. The monoisotopic (exact) mass is 360 g/mol. The van der Waals surface area contributed by atoms with Crippen molar-refractivity contribution in [1.29, 1.82) is 0 Å². The summed E-state index contributed by atoms with van der Waals surface area (Å²) >= 11 is 0. The van der Waals surface area contributed by atoms with Gasteiger partial charge in [0.25, 0.3) is 0 Å². The Hall–Kier alpha value is -2.92. The summed E-state index contributed by atoms with van der Waals surface area (Å²) in [6, 6.07) is 23.2. The smallest absolute Gasteiger partial charge is 0.221 e. The molecule has 5 nitrogen and oxygen atoms in total. The maximum atomic E-state index is 6.12. The van der Waals surface area contributed by atoms with E-state index >= 15 is 0 Å². The Labute approximate surface area is 159 Å². The van der Waals surface area contributed by atoms with Gasteiger partial charge in [-0.25, -0.2) is 4.98 Å². The predicted molar refractivity (Wildman–Crippen MR) is 108 cm³/mol. The zero-order valence-electron chi connectivity index (χ0n) is 15.2. The van der Waals surface area contributed by atoms with Crippen LogP contribution in [0.4, 0.5) is 11.8 Å². The molecule has 2 heterocycles. The van der Waals surface area contributed by atoms with Crippen molar-refractivity contribution in [3.05, 3.63) is 84.1 Å². The first-order chi connectivity index (χ1) is 13.3. The van der Waals surface area contributed by atoms with Crippen LogP contribution in [0.15, 0.2) is 72.9 Å². The molecule has 1 saturated heterocycles. The maximum Gasteiger partial charge on any atom is 0.221 e. The van der Waals surface area contributed by atoms with Gasteiger partial charge < -0.3 is 15.4 Å². The molecule has 3 aromatic rings. The number of rotatable bonds is 5. The van der Waals surface area contributed by atoms with Crippen molar-refractivity contribution in [2.75, 3.05) is 30.3 Å². The normalized spacial score (nSPS) is 17.2. The molecule has 27 heavy (non-hydrogen) atoms. The third kappa shape index (κ3) is 4.26. The molecule has 1 atom stereocenters. The van der Waals surface area contributed by atoms with E-state index in [1.807, 2.05) is 6.07 Å². The van der Waals surface area contributed by atoms with Crippen LogP contribution in [-0.2, 0) is 4.74 Å². The van der Waals surface area contributed by atoms with Crippen LogP contribution in [0.3, 0.4) is 0 Å². The Morgan fingerprint density at radius 1 is 1.00 bits per heavy atom. The first-order valence-corrected chi connectivity index (χ1v) is 9.34. The predicted octanol–water partition coefficient (Wildman–Crippen LogP) is 3.49. The van der Waals surface area contributed by atoms with E-state index in [0.29, 0.717) is 18.5 Å². The molecule has 0 spiro atoms. The number of ether oxygens (including phenoxy) is 1. The van der Waals surface area contributed by atoms with Gasteiger partial charge >= 0.3 is 0 Å². The van der Waals surface area contributed by atoms with Crippen LogP contribution in [-0.4, -0.2) is 35.8 Å². The van der Waals surface area contributed by atoms with Crippen LogP contribution in [0.5, 0.6) is 0 Å². The zero-order valence-corrected chi connectivity index (χ0v) is 15.2. The van der Waals surface area contributed by atoms with Gasteiger partial charge in [-0.1, -0.05) is 60.7 Å². The lowest BCUT2D eigenvalue weighted by molar-refractivity contribution is 0.0324. The van der Waals surface area contributed by atoms with Gasteiger partial charge in [-0.15, -0.1) is 0 Å². The number of nitrogen functional groups attached to an aromatic ring is 1. The van der Waals surface area contributed by atoms with E-state index in [4.69, 9.17) is 10.5 Å². The number of benzene rings is 2. The summed E-state index contributed by atoms with van der Waals surface area (Å²) in [4.78, 5) is 10.6. The second kappa shape index (κ2) is 8.18. The van der Waals surface area contributed by atoms with Crippen LogP contribution in [0.25, 0.3) is 0 Å². The Morgan fingerprint density at radius 3 is 2.30 bits per heavy atom. The van der Waals surface area contributed by atoms with Gasteiger partial charge in [0, 0.05) is 25.2 Å². The topological polar surface area (TPSA) is 64.3 Å². The second-order valence-corrected chi connectivity index (χ2v) is 6.82. The van der Waals surface area contributed by atoms with Gasteiger partial charge in [-0.3, -0.25) is 0 Å². The van der Waals surface area contributed by atoms with Gasteiger partial charge in [0.1, 0.15) is 5.82 Å². The molecular weight excluding hydrogens is 336 g/mol. The van der Waals surface area contributed by atoms with Crippen LogP contribution >= 0.6 is 0 Å². The lowest BCUT2D eigenvalue weighted by Gasteiger charge is -2.35. The molecule has 1 fully saturated rings. The molecule has 0 aliphatic carbocycles. The minimum absolute atomic E-state index is 0.125. The highest BCUT2D eigenvalue weighted by molar-refractivity contribution is 5.41. The Bertz CT molecular complexity index is 817.